The van der Waals surface area contributed by atoms with E-state index in [1.807, 2.05) is 18.2 Å². The van der Waals surface area contributed by atoms with Gasteiger partial charge < -0.3 is 15.0 Å². The highest BCUT2D eigenvalue weighted by Gasteiger charge is 2.41. The van der Waals surface area contributed by atoms with Crippen LogP contribution in [0.3, 0.4) is 0 Å². The molecule has 2 bridgehead atoms. The molecule has 4 nitrogen and oxygen atoms in total. The van der Waals surface area contributed by atoms with Gasteiger partial charge in [0, 0.05) is 24.2 Å². The molecule has 0 saturated carbocycles. The van der Waals surface area contributed by atoms with Gasteiger partial charge in [-0.05, 0) is 38.3 Å². The second kappa shape index (κ2) is 5.34. The molecule has 2 saturated heterocycles. The minimum Gasteiger partial charge on any atom is -0.493 e. The molecule has 0 aliphatic carbocycles. The lowest BCUT2D eigenvalue weighted by Crippen LogP contribution is -2.45. The van der Waals surface area contributed by atoms with Gasteiger partial charge in [0.05, 0.1) is 12.5 Å². The molecule has 21 heavy (non-hydrogen) atoms. The molecular formula is C17H22N2O2. The Hall–Kier alpha value is -1.55. The number of hydrogen-bond acceptors (Lipinski definition) is 3. The quantitative estimate of drug-likeness (QED) is 0.857. The molecule has 3 heterocycles. The van der Waals surface area contributed by atoms with Crippen LogP contribution in [-0.4, -0.2) is 42.6 Å². The van der Waals surface area contributed by atoms with E-state index in [4.69, 9.17) is 4.74 Å². The van der Waals surface area contributed by atoms with E-state index in [2.05, 4.69) is 16.3 Å². The summed E-state index contributed by atoms with van der Waals surface area (Å²) in [5.74, 6) is 1.19. The van der Waals surface area contributed by atoms with Gasteiger partial charge in [-0.3, -0.25) is 4.79 Å². The molecule has 3 aliphatic rings. The van der Waals surface area contributed by atoms with Gasteiger partial charge in [-0.25, -0.2) is 0 Å². The van der Waals surface area contributed by atoms with E-state index in [0.29, 0.717) is 24.6 Å². The van der Waals surface area contributed by atoms with Crippen LogP contribution in [0.5, 0.6) is 5.75 Å². The Bertz CT molecular complexity index is 531. The maximum Gasteiger partial charge on any atom is 0.230 e. The monoisotopic (exact) mass is 286 g/mol. The van der Waals surface area contributed by atoms with Crippen LogP contribution < -0.4 is 10.1 Å². The summed E-state index contributed by atoms with van der Waals surface area (Å²) < 4.78 is 5.70. The number of rotatable bonds is 1. The summed E-state index contributed by atoms with van der Waals surface area (Å²) in [6, 6.07) is 8.84. The van der Waals surface area contributed by atoms with Crippen LogP contribution in [0.1, 0.15) is 37.2 Å². The van der Waals surface area contributed by atoms with Crippen LogP contribution in [0.2, 0.25) is 0 Å². The Morgan fingerprint density at radius 2 is 2.00 bits per heavy atom. The number of carbonyl (C=O) groups is 1. The summed E-state index contributed by atoms with van der Waals surface area (Å²) in [7, 11) is 0. The fraction of sp³-hybridized carbons (Fsp3) is 0.588. The normalized spacial score (nSPS) is 31.2. The van der Waals surface area contributed by atoms with Crippen molar-refractivity contribution in [2.75, 3.05) is 19.7 Å². The molecule has 0 aromatic heterocycles. The lowest BCUT2D eigenvalue weighted by molar-refractivity contribution is -0.136. The first-order chi connectivity index (χ1) is 10.3. The minimum absolute atomic E-state index is 0.0175. The third kappa shape index (κ3) is 2.22. The van der Waals surface area contributed by atoms with Crippen molar-refractivity contribution < 1.29 is 9.53 Å². The number of amides is 1. The predicted octanol–water partition coefficient (Wildman–Crippen LogP) is 1.91. The van der Waals surface area contributed by atoms with E-state index in [1.165, 1.54) is 6.42 Å². The molecular weight excluding hydrogens is 264 g/mol. The van der Waals surface area contributed by atoms with Crippen molar-refractivity contribution in [3.8, 4) is 5.75 Å². The van der Waals surface area contributed by atoms with Crippen LogP contribution in [-0.2, 0) is 4.79 Å². The molecule has 0 radical (unpaired) electrons. The highest BCUT2D eigenvalue weighted by atomic mass is 16.5. The maximum absolute atomic E-state index is 13.2. The number of fused-ring (bicyclic) bond motifs is 3. The molecule has 0 spiro atoms. The highest BCUT2D eigenvalue weighted by molar-refractivity contribution is 5.85. The van der Waals surface area contributed by atoms with Crippen molar-refractivity contribution in [2.24, 2.45) is 0 Å². The van der Waals surface area contributed by atoms with Gasteiger partial charge >= 0.3 is 0 Å². The van der Waals surface area contributed by atoms with Gasteiger partial charge in [0.2, 0.25) is 5.91 Å². The van der Waals surface area contributed by atoms with Gasteiger partial charge in [-0.15, -0.1) is 0 Å². The number of ether oxygens (including phenoxy) is 1. The molecule has 4 rings (SSSR count). The molecule has 3 atom stereocenters. The van der Waals surface area contributed by atoms with Crippen molar-refractivity contribution in [1.29, 1.82) is 0 Å². The van der Waals surface area contributed by atoms with E-state index in [-0.39, 0.29) is 5.92 Å². The van der Waals surface area contributed by atoms with Crippen molar-refractivity contribution in [3.05, 3.63) is 29.8 Å². The number of nitrogens with zero attached hydrogens (tertiary/aromatic N) is 1. The van der Waals surface area contributed by atoms with Gasteiger partial charge in [-0.1, -0.05) is 18.2 Å². The van der Waals surface area contributed by atoms with E-state index in [0.717, 1.165) is 43.7 Å². The Morgan fingerprint density at radius 1 is 1.14 bits per heavy atom. The summed E-state index contributed by atoms with van der Waals surface area (Å²) in [6.45, 7) is 2.64. The molecule has 3 unspecified atom stereocenters. The molecule has 1 N–H and O–H groups in total. The van der Waals surface area contributed by atoms with Gasteiger partial charge in [0.1, 0.15) is 5.75 Å². The summed E-state index contributed by atoms with van der Waals surface area (Å²) in [5.41, 5.74) is 1.07. The Labute approximate surface area is 125 Å². The fourth-order valence-corrected chi connectivity index (χ4v) is 4.12. The summed E-state index contributed by atoms with van der Waals surface area (Å²) >= 11 is 0. The topological polar surface area (TPSA) is 41.6 Å². The van der Waals surface area contributed by atoms with Crippen LogP contribution in [0.25, 0.3) is 0 Å². The first-order valence-corrected chi connectivity index (χ1v) is 8.09. The minimum atomic E-state index is -0.0175. The van der Waals surface area contributed by atoms with Crippen molar-refractivity contribution in [1.82, 2.24) is 10.2 Å². The maximum atomic E-state index is 13.2. The Balaban J connectivity index is 1.63. The molecule has 2 fully saturated rings. The molecule has 1 aromatic rings. The lowest BCUT2D eigenvalue weighted by Gasteiger charge is -2.34. The van der Waals surface area contributed by atoms with Gasteiger partial charge in [0.25, 0.3) is 0 Å². The second-order valence-corrected chi connectivity index (χ2v) is 6.35. The number of para-hydroxylation sites is 1. The lowest BCUT2D eigenvalue weighted by atomic mass is 9.91. The summed E-state index contributed by atoms with van der Waals surface area (Å²) in [6.07, 6.45) is 4.21. The fourth-order valence-electron chi connectivity index (χ4n) is 4.12. The van der Waals surface area contributed by atoms with E-state index in [9.17, 15) is 4.79 Å². The highest BCUT2D eigenvalue weighted by Crippen LogP contribution is 2.38. The van der Waals surface area contributed by atoms with E-state index in [1.54, 1.807) is 0 Å². The number of carbonyl (C=O) groups excluding carboxylic acids is 1. The number of benzene rings is 1. The predicted molar refractivity (Wildman–Crippen MR) is 80.4 cm³/mol. The van der Waals surface area contributed by atoms with Crippen LogP contribution in [0.4, 0.5) is 0 Å². The largest absolute Gasteiger partial charge is 0.493 e. The zero-order valence-corrected chi connectivity index (χ0v) is 12.3. The number of hydrogen-bond donors (Lipinski definition) is 1. The van der Waals surface area contributed by atoms with Crippen molar-refractivity contribution >= 4 is 5.91 Å². The first-order valence-electron chi connectivity index (χ1n) is 8.09. The van der Waals surface area contributed by atoms with E-state index < -0.39 is 0 Å². The van der Waals surface area contributed by atoms with Crippen LogP contribution in [0.15, 0.2) is 24.3 Å². The second-order valence-electron chi connectivity index (χ2n) is 6.35. The SMILES string of the molecule is O=C(C1CCOc2ccccc21)N1C2CCNCC1CC2. The summed E-state index contributed by atoms with van der Waals surface area (Å²) in [5, 5.41) is 3.47. The smallest absolute Gasteiger partial charge is 0.230 e. The molecule has 4 heteroatoms. The van der Waals surface area contributed by atoms with Gasteiger partial charge in [-0.2, -0.15) is 0 Å². The average Bonchev–Trinajstić information content (AvgIpc) is 2.79. The van der Waals surface area contributed by atoms with E-state index >= 15 is 0 Å². The summed E-state index contributed by atoms with van der Waals surface area (Å²) in [4.78, 5) is 15.4. The molecule has 3 aliphatic heterocycles. The molecule has 1 amide bonds. The van der Waals surface area contributed by atoms with Gasteiger partial charge in [0.15, 0.2) is 0 Å². The third-order valence-corrected chi connectivity index (χ3v) is 5.17. The number of nitrogens with one attached hydrogen (secondary N) is 1. The zero-order valence-electron chi connectivity index (χ0n) is 12.3. The molecule has 112 valence electrons. The van der Waals surface area contributed by atoms with Crippen LogP contribution in [0, 0.1) is 0 Å². The van der Waals surface area contributed by atoms with Crippen molar-refractivity contribution in [3.63, 3.8) is 0 Å². The van der Waals surface area contributed by atoms with Crippen molar-refractivity contribution in [2.45, 2.75) is 43.7 Å². The average molecular weight is 286 g/mol. The standard InChI is InChI=1S/C17H22N2O2/c20-17(19-12-5-6-13(19)11-18-9-7-12)15-8-10-21-16-4-2-1-3-14(15)16/h1-4,12-13,15,18H,5-11H2. The van der Waals surface area contributed by atoms with Crippen LogP contribution >= 0.6 is 0 Å². The Morgan fingerprint density at radius 3 is 2.95 bits per heavy atom. The Kier molecular flexibility index (Phi) is 3.34. The molecule has 1 aromatic carbocycles. The third-order valence-electron chi connectivity index (χ3n) is 5.17. The zero-order chi connectivity index (χ0) is 14.2. The first kappa shape index (κ1) is 13.1.